The van der Waals surface area contributed by atoms with Crippen LogP contribution in [0.2, 0.25) is 0 Å². The number of ketones is 1. The Morgan fingerprint density at radius 2 is 2.23 bits per heavy atom. The zero-order valence-electron chi connectivity index (χ0n) is 12.0. The summed E-state index contributed by atoms with van der Waals surface area (Å²) in [5.41, 5.74) is -0.933. The molecule has 0 aromatic heterocycles. The zero-order valence-corrected chi connectivity index (χ0v) is 12.0. The molecule has 1 fully saturated rings. The van der Waals surface area contributed by atoms with Crippen LogP contribution in [0.3, 0.4) is 0 Å². The van der Waals surface area contributed by atoms with Gasteiger partial charge in [-0.15, -0.1) is 0 Å². The molecule has 1 aromatic rings. The van der Waals surface area contributed by atoms with E-state index in [1.54, 1.807) is 18.2 Å². The number of benzene rings is 1. The van der Waals surface area contributed by atoms with Gasteiger partial charge in [0.15, 0.2) is 5.78 Å². The topological polar surface area (TPSA) is 95.7 Å². The van der Waals surface area contributed by atoms with Gasteiger partial charge in [-0.25, -0.2) is 0 Å². The Labute approximate surface area is 126 Å². The number of carbonyl (C=O) groups excluding carboxylic acids is 2. The predicted octanol–water partition coefficient (Wildman–Crippen LogP) is 1.71. The summed E-state index contributed by atoms with van der Waals surface area (Å²) < 4.78 is 10.5. The number of carbonyl (C=O) groups is 2. The first-order valence-electron chi connectivity index (χ1n) is 7.04. The molecule has 116 valence electrons. The molecule has 1 aliphatic carbocycles. The first-order valence-corrected chi connectivity index (χ1v) is 7.04. The van der Waals surface area contributed by atoms with Crippen LogP contribution >= 0.6 is 0 Å². The van der Waals surface area contributed by atoms with Gasteiger partial charge in [0.25, 0.3) is 0 Å². The molecule has 0 radical (unpaired) electrons. The number of esters is 1. The second-order valence-electron chi connectivity index (χ2n) is 5.61. The molecular formula is C15H15NO6. The largest absolute Gasteiger partial charge is 0.497 e. The summed E-state index contributed by atoms with van der Waals surface area (Å²) in [6, 6.07) is 4.78. The van der Waals surface area contributed by atoms with Crippen molar-refractivity contribution in [2.24, 2.45) is 5.41 Å². The molecule has 2 atom stereocenters. The van der Waals surface area contributed by atoms with Crippen LogP contribution in [0.5, 0.6) is 11.5 Å². The molecule has 1 spiro atoms. The van der Waals surface area contributed by atoms with Gasteiger partial charge < -0.3 is 9.47 Å². The third-order valence-electron chi connectivity index (χ3n) is 4.56. The van der Waals surface area contributed by atoms with Crippen molar-refractivity contribution in [1.82, 2.24) is 0 Å². The standard InChI is InChI=1S/C15H15NO6/c1-21-9-4-5-12-10(7-9)11(8-16(19)20)15(14(18)22-12)6-2-3-13(15)17/h4-5,7,11H,2-3,6,8H2,1H3/t11-,15+/m1/s1. The Hall–Kier alpha value is -2.44. The normalized spacial score (nSPS) is 26.7. The van der Waals surface area contributed by atoms with Gasteiger partial charge in [-0.3, -0.25) is 19.7 Å². The lowest BCUT2D eigenvalue weighted by atomic mass is 9.68. The maximum Gasteiger partial charge on any atom is 0.325 e. The molecule has 7 heteroatoms. The first kappa shape index (κ1) is 14.5. The highest BCUT2D eigenvalue weighted by Gasteiger charge is 2.60. The fourth-order valence-corrected chi connectivity index (χ4v) is 3.50. The van der Waals surface area contributed by atoms with E-state index in [0.717, 1.165) is 0 Å². The van der Waals surface area contributed by atoms with Gasteiger partial charge in [0.05, 0.1) is 13.0 Å². The van der Waals surface area contributed by atoms with E-state index in [1.807, 2.05) is 0 Å². The van der Waals surface area contributed by atoms with E-state index in [4.69, 9.17) is 9.47 Å². The molecule has 7 nitrogen and oxygen atoms in total. The maximum atomic E-state index is 12.4. The minimum Gasteiger partial charge on any atom is -0.497 e. The number of rotatable bonds is 3. The second kappa shape index (κ2) is 5.08. The molecule has 1 aromatic carbocycles. The Bertz CT molecular complexity index is 670. The summed E-state index contributed by atoms with van der Waals surface area (Å²) in [5.74, 6) is -0.977. The summed E-state index contributed by atoms with van der Waals surface area (Å²) >= 11 is 0. The lowest BCUT2D eigenvalue weighted by Crippen LogP contribution is -2.48. The number of methoxy groups -OCH3 is 1. The number of fused-ring (bicyclic) bond motifs is 1. The van der Waals surface area contributed by atoms with E-state index in [9.17, 15) is 19.7 Å². The summed E-state index contributed by atoms with van der Waals surface area (Å²) in [6.45, 7) is -0.485. The Morgan fingerprint density at radius 1 is 1.45 bits per heavy atom. The average molecular weight is 305 g/mol. The van der Waals surface area contributed by atoms with Crippen LogP contribution in [0.4, 0.5) is 0 Å². The third kappa shape index (κ3) is 1.96. The number of hydrogen-bond donors (Lipinski definition) is 0. The van der Waals surface area contributed by atoms with Crippen molar-refractivity contribution in [1.29, 1.82) is 0 Å². The molecule has 3 rings (SSSR count). The van der Waals surface area contributed by atoms with Crippen molar-refractivity contribution in [2.75, 3.05) is 13.7 Å². The van der Waals surface area contributed by atoms with Gasteiger partial charge in [0.1, 0.15) is 16.9 Å². The fraction of sp³-hybridized carbons (Fsp3) is 0.467. The predicted molar refractivity (Wildman–Crippen MR) is 74.5 cm³/mol. The average Bonchev–Trinajstić information content (AvgIpc) is 2.86. The van der Waals surface area contributed by atoms with E-state index < -0.39 is 28.8 Å². The van der Waals surface area contributed by atoms with Crippen LogP contribution in [-0.2, 0) is 9.59 Å². The van der Waals surface area contributed by atoms with Gasteiger partial charge in [-0.1, -0.05) is 0 Å². The lowest BCUT2D eigenvalue weighted by molar-refractivity contribution is -0.485. The molecule has 1 heterocycles. The van der Waals surface area contributed by atoms with Crippen molar-refractivity contribution < 1.29 is 24.0 Å². The third-order valence-corrected chi connectivity index (χ3v) is 4.56. The van der Waals surface area contributed by atoms with E-state index in [1.165, 1.54) is 7.11 Å². The monoisotopic (exact) mass is 305 g/mol. The first-order chi connectivity index (χ1) is 10.5. The molecular weight excluding hydrogens is 290 g/mol. The summed E-state index contributed by atoms with van der Waals surface area (Å²) in [5, 5.41) is 11.1. The quantitative estimate of drug-likeness (QED) is 0.277. The van der Waals surface area contributed by atoms with Crippen LogP contribution < -0.4 is 9.47 Å². The number of nitrogens with zero attached hydrogens (tertiary/aromatic N) is 1. The SMILES string of the molecule is COc1ccc2c(c1)[C@@H](C[N+](=O)[O-])[C@]1(CCCC1=O)C(=O)O2. The highest BCUT2D eigenvalue weighted by molar-refractivity contribution is 6.08. The molecule has 0 unspecified atom stereocenters. The Morgan fingerprint density at radius 3 is 2.82 bits per heavy atom. The van der Waals surface area contributed by atoms with Gasteiger partial charge >= 0.3 is 5.97 Å². The lowest BCUT2D eigenvalue weighted by Gasteiger charge is -2.36. The van der Waals surface area contributed by atoms with E-state index in [2.05, 4.69) is 0 Å². The van der Waals surface area contributed by atoms with Crippen LogP contribution in [0.25, 0.3) is 0 Å². The summed E-state index contributed by atoms with van der Waals surface area (Å²) in [7, 11) is 1.48. The molecule has 0 saturated heterocycles. The minimum atomic E-state index is -1.42. The minimum absolute atomic E-state index is 0.253. The van der Waals surface area contributed by atoms with Crippen LogP contribution in [-0.4, -0.2) is 30.3 Å². The van der Waals surface area contributed by atoms with Crippen molar-refractivity contribution >= 4 is 11.8 Å². The van der Waals surface area contributed by atoms with Gasteiger partial charge in [0.2, 0.25) is 6.54 Å². The molecule has 2 aliphatic rings. The maximum absolute atomic E-state index is 12.4. The van der Waals surface area contributed by atoms with E-state index in [0.29, 0.717) is 24.2 Å². The Balaban J connectivity index is 2.18. The van der Waals surface area contributed by atoms with Crippen LogP contribution in [0.15, 0.2) is 18.2 Å². The Kier molecular flexibility index (Phi) is 3.35. The number of hydrogen-bond acceptors (Lipinski definition) is 6. The molecule has 0 N–H and O–H groups in total. The van der Waals surface area contributed by atoms with Gasteiger partial charge in [0, 0.05) is 16.9 Å². The van der Waals surface area contributed by atoms with Crippen molar-refractivity contribution in [2.45, 2.75) is 25.2 Å². The molecule has 22 heavy (non-hydrogen) atoms. The van der Waals surface area contributed by atoms with Gasteiger partial charge in [-0.2, -0.15) is 0 Å². The van der Waals surface area contributed by atoms with Crippen LogP contribution in [0, 0.1) is 15.5 Å². The second-order valence-corrected chi connectivity index (χ2v) is 5.61. The highest BCUT2D eigenvalue weighted by atomic mass is 16.6. The summed E-state index contributed by atoms with van der Waals surface area (Å²) in [6.07, 6.45) is 1.09. The van der Waals surface area contributed by atoms with Crippen molar-refractivity contribution in [3.63, 3.8) is 0 Å². The van der Waals surface area contributed by atoms with E-state index in [-0.39, 0.29) is 18.0 Å². The molecule has 1 aliphatic heterocycles. The zero-order chi connectivity index (χ0) is 15.9. The van der Waals surface area contributed by atoms with Gasteiger partial charge in [-0.05, 0) is 31.0 Å². The highest BCUT2D eigenvalue weighted by Crippen LogP contribution is 2.53. The van der Waals surface area contributed by atoms with Crippen molar-refractivity contribution in [3.8, 4) is 11.5 Å². The summed E-state index contributed by atoms with van der Waals surface area (Å²) in [4.78, 5) is 35.4. The molecule has 1 saturated carbocycles. The van der Waals surface area contributed by atoms with E-state index >= 15 is 0 Å². The smallest absolute Gasteiger partial charge is 0.325 e. The fourth-order valence-electron chi connectivity index (χ4n) is 3.50. The number of ether oxygens (including phenoxy) is 2. The molecule has 0 bridgehead atoms. The van der Waals surface area contributed by atoms with Crippen LogP contribution in [0.1, 0.15) is 30.7 Å². The number of Topliss-reactive ketones (excluding diaryl/α,β-unsaturated/α-hetero) is 1. The molecule has 0 amide bonds. The number of nitro groups is 1. The van der Waals surface area contributed by atoms with Crippen molar-refractivity contribution in [3.05, 3.63) is 33.9 Å².